The summed E-state index contributed by atoms with van der Waals surface area (Å²) in [4.78, 5) is 2.60. The maximum atomic E-state index is 5.93. The van der Waals surface area contributed by atoms with E-state index in [9.17, 15) is 0 Å². The topological polar surface area (TPSA) is 29.3 Å². The van der Waals surface area contributed by atoms with Crippen LogP contribution in [-0.2, 0) is 6.42 Å². The van der Waals surface area contributed by atoms with Crippen molar-refractivity contribution in [3.63, 3.8) is 0 Å². The molecule has 0 bridgehead atoms. The van der Waals surface area contributed by atoms with Crippen LogP contribution in [0.3, 0.4) is 0 Å². The molecule has 1 aliphatic heterocycles. The van der Waals surface area contributed by atoms with Crippen LogP contribution in [0.15, 0.2) is 24.3 Å². The molecule has 88 valence electrons. The third-order valence-electron chi connectivity index (χ3n) is 3.64. The van der Waals surface area contributed by atoms with Crippen molar-refractivity contribution in [2.45, 2.75) is 38.6 Å². The molecule has 2 heteroatoms. The highest BCUT2D eigenvalue weighted by molar-refractivity contribution is 5.46. The van der Waals surface area contributed by atoms with E-state index < -0.39 is 0 Å². The fourth-order valence-electron chi connectivity index (χ4n) is 2.56. The van der Waals surface area contributed by atoms with Gasteiger partial charge in [-0.15, -0.1) is 0 Å². The first-order valence-corrected chi connectivity index (χ1v) is 6.35. The number of nitrogens with two attached hydrogens (primary N) is 1. The minimum atomic E-state index is 0.785. The molecule has 1 aromatic carbocycles. The monoisotopic (exact) mass is 218 g/mol. The summed E-state index contributed by atoms with van der Waals surface area (Å²) in [5, 5.41) is 0. The van der Waals surface area contributed by atoms with Crippen LogP contribution in [0.2, 0.25) is 0 Å². The van der Waals surface area contributed by atoms with E-state index in [1.807, 2.05) is 12.1 Å². The van der Waals surface area contributed by atoms with Gasteiger partial charge in [0.25, 0.3) is 0 Å². The lowest BCUT2D eigenvalue weighted by Crippen LogP contribution is -2.28. The Morgan fingerprint density at radius 1 is 1.38 bits per heavy atom. The molecule has 1 unspecified atom stereocenters. The molecule has 1 atom stereocenters. The van der Waals surface area contributed by atoms with Crippen LogP contribution in [0.4, 0.5) is 5.69 Å². The summed E-state index contributed by atoms with van der Waals surface area (Å²) in [6.45, 7) is 4.84. The van der Waals surface area contributed by atoms with E-state index in [1.165, 1.54) is 37.9 Å². The molecule has 2 nitrogen and oxygen atoms in total. The number of nitrogens with zero attached hydrogens (tertiary/aromatic N) is 1. The number of anilines is 1. The van der Waals surface area contributed by atoms with Gasteiger partial charge >= 0.3 is 0 Å². The van der Waals surface area contributed by atoms with Gasteiger partial charge in [0, 0.05) is 11.7 Å². The molecular formula is C14H22N2. The Morgan fingerprint density at radius 2 is 2.19 bits per heavy atom. The number of rotatable bonds is 4. The molecule has 1 saturated heterocycles. The largest absolute Gasteiger partial charge is 0.399 e. The highest BCUT2D eigenvalue weighted by Crippen LogP contribution is 2.18. The number of hydrogen-bond donors (Lipinski definition) is 1. The van der Waals surface area contributed by atoms with E-state index in [2.05, 4.69) is 24.0 Å². The molecule has 0 aliphatic carbocycles. The number of benzene rings is 1. The predicted molar refractivity (Wildman–Crippen MR) is 69.4 cm³/mol. The zero-order valence-electron chi connectivity index (χ0n) is 10.2. The summed E-state index contributed by atoms with van der Waals surface area (Å²) in [5.74, 6) is 0. The molecule has 1 aliphatic rings. The van der Waals surface area contributed by atoms with Crippen LogP contribution < -0.4 is 5.73 Å². The zero-order chi connectivity index (χ0) is 11.4. The second kappa shape index (κ2) is 5.35. The number of para-hydroxylation sites is 1. The lowest BCUT2D eigenvalue weighted by Gasteiger charge is -2.20. The van der Waals surface area contributed by atoms with Gasteiger partial charge in [-0.25, -0.2) is 0 Å². The average Bonchev–Trinajstić information content (AvgIpc) is 2.67. The van der Waals surface area contributed by atoms with Gasteiger partial charge in [0.15, 0.2) is 0 Å². The summed E-state index contributed by atoms with van der Waals surface area (Å²) in [5.41, 5.74) is 8.17. The highest BCUT2D eigenvalue weighted by atomic mass is 15.2. The van der Waals surface area contributed by atoms with Crippen LogP contribution in [0.5, 0.6) is 0 Å². The van der Waals surface area contributed by atoms with E-state index >= 15 is 0 Å². The minimum absolute atomic E-state index is 0.785. The van der Waals surface area contributed by atoms with Crippen molar-refractivity contribution in [1.82, 2.24) is 4.90 Å². The molecule has 1 fully saturated rings. The Bertz CT molecular complexity index is 335. The Balaban J connectivity index is 1.78. The van der Waals surface area contributed by atoms with E-state index in [-0.39, 0.29) is 0 Å². The van der Waals surface area contributed by atoms with Crippen molar-refractivity contribution in [3.05, 3.63) is 29.8 Å². The van der Waals surface area contributed by atoms with Gasteiger partial charge in [-0.05, 0) is 57.3 Å². The normalized spacial score (nSPS) is 21.4. The summed E-state index contributed by atoms with van der Waals surface area (Å²) in [6.07, 6.45) is 5.07. The van der Waals surface area contributed by atoms with Gasteiger partial charge in [0.1, 0.15) is 0 Å². The first kappa shape index (κ1) is 11.5. The van der Waals surface area contributed by atoms with E-state index in [0.29, 0.717) is 0 Å². The molecule has 0 saturated carbocycles. The van der Waals surface area contributed by atoms with E-state index in [0.717, 1.165) is 18.2 Å². The molecule has 2 N–H and O–H groups in total. The van der Waals surface area contributed by atoms with E-state index in [1.54, 1.807) is 0 Å². The number of hydrogen-bond acceptors (Lipinski definition) is 2. The van der Waals surface area contributed by atoms with Crippen molar-refractivity contribution in [2.75, 3.05) is 18.8 Å². The first-order valence-electron chi connectivity index (χ1n) is 6.35. The summed E-state index contributed by atoms with van der Waals surface area (Å²) >= 11 is 0. The molecule has 0 spiro atoms. The Kier molecular flexibility index (Phi) is 3.83. The maximum absolute atomic E-state index is 5.93. The second-order valence-electron chi connectivity index (χ2n) is 4.83. The van der Waals surface area contributed by atoms with Crippen molar-refractivity contribution in [1.29, 1.82) is 0 Å². The summed E-state index contributed by atoms with van der Waals surface area (Å²) in [7, 11) is 0. The van der Waals surface area contributed by atoms with E-state index in [4.69, 9.17) is 5.73 Å². The number of likely N-dealkylation sites (tertiary alicyclic amines) is 1. The van der Waals surface area contributed by atoms with Crippen LogP contribution in [0.1, 0.15) is 31.7 Å². The molecule has 2 rings (SSSR count). The lowest BCUT2D eigenvalue weighted by molar-refractivity contribution is 0.266. The van der Waals surface area contributed by atoms with Crippen molar-refractivity contribution in [2.24, 2.45) is 0 Å². The molecule has 1 heterocycles. The zero-order valence-corrected chi connectivity index (χ0v) is 10.2. The van der Waals surface area contributed by atoms with Gasteiger partial charge in [-0.2, -0.15) is 0 Å². The molecule has 0 radical (unpaired) electrons. The third-order valence-corrected chi connectivity index (χ3v) is 3.64. The predicted octanol–water partition coefficient (Wildman–Crippen LogP) is 2.69. The third kappa shape index (κ3) is 2.76. The van der Waals surface area contributed by atoms with Crippen LogP contribution >= 0.6 is 0 Å². The molecule has 1 aromatic rings. The smallest absolute Gasteiger partial charge is 0.0346 e. The molecular weight excluding hydrogens is 196 g/mol. The SMILES string of the molecule is CC1CCCN1CCCc1ccccc1N. The summed E-state index contributed by atoms with van der Waals surface area (Å²) in [6, 6.07) is 9.00. The fourth-order valence-corrected chi connectivity index (χ4v) is 2.56. The Morgan fingerprint density at radius 3 is 2.88 bits per heavy atom. The Hall–Kier alpha value is -1.02. The minimum Gasteiger partial charge on any atom is -0.399 e. The van der Waals surface area contributed by atoms with Crippen molar-refractivity contribution < 1.29 is 0 Å². The van der Waals surface area contributed by atoms with Gasteiger partial charge in [-0.1, -0.05) is 18.2 Å². The van der Waals surface area contributed by atoms with Crippen LogP contribution in [0.25, 0.3) is 0 Å². The second-order valence-corrected chi connectivity index (χ2v) is 4.83. The molecule has 0 aromatic heterocycles. The average molecular weight is 218 g/mol. The van der Waals surface area contributed by atoms with Crippen LogP contribution in [-0.4, -0.2) is 24.0 Å². The maximum Gasteiger partial charge on any atom is 0.0346 e. The van der Waals surface area contributed by atoms with Crippen LogP contribution in [0, 0.1) is 0 Å². The van der Waals surface area contributed by atoms with Crippen molar-refractivity contribution in [3.8, 4) is 0 Å². The van der Waals surface area contributed by atoms with Gasteiger partial charge in [0.05, 0.1) is 0 Å². The molecule has 16 heavy (non-hydrogen) atoms. The number of nitrogen functional groups attached to an aromatic ring is 1. The molecule has 0 amide bonds. The number of aryl methyl sites for hydroxylation is 1. The van der Waals surface area contributed by atoms with Gasteiger partial charge in [-0.3, -0.25) is 0 Å². The fraction of sp³-hybridized carbons (Fsp3) is 0.571. The van der Waals surface area contributed by atoms with Gasteiger partial charge in [0.2, 0.25) is 0 Å². The quantitative estimate of drug-likeness (QED) is 0.787. The van der Waals surface area contributed by atoms with Gasteiger partial charge < -0.3 is 10.6 Å². The first-order chi connectivity index (χ1) is 7.77. The van der Waals surface area contributed by atoms with Crippen molar-refractivity contribution >= 4 is 5.69 Å². The highest BCUT2D eigenvalue weighted by Gasteiger charge is 2.18. The lowest BCUT2D eigenvalue weighted by atomic mass is 10.1. The summed E-state index contributed by atoms with van der Waals surface area (Å²) < 4.78 is 0. The standard InChI is InChI=1S/C14H22N2/c1-12-6-4-10-16(12)11-5-8-13-7-2-3-9-14(13)15/h2-3,7,9,12H,4-6,8,10-11,15H2,1H3. The Labute approximate surface area is 98.4 Å².